The van der Waals surface area contributed by atoms with Crippen molar-refractivity contribution in [1.29, 1.82) is 0 Å². The summed E-state index contributed by atoms with van der Waals surface area (Å²) in [5.74, 6) is 0.193. The summed E-state index contributed by atoms with van der Waals surface area (Å²) in [5.41, 5.74) is 8.73. The summed E-state index contributed by atoms with van der Waals surface area (Å²) in [4.78, 5) is 0. The molecule has 0 fully saturated rings. The fourth-order valence-electron chi connectivity index (χ4n) is 2.29. The molecule has 0 saturated heterocycles. The highest BCUT2D eigenvalue weighted by Gasteiger charge is 2.16. The number of rotatable bonds is 6. The van der Waals surface area contributed by atoms with Crippen molar-refractivity contribution in [3.8, 4) is 0 Å². The van der Waals surface area contributed by atoms with E-state index in [4.69, 9.17) is 10.9 Å². The number of aryl methyl sites for hydroxylation is 2. The second-order valence-corrected chi connectivity index (χ2v) is 4.92. The lowest BCUT2D eigenvalue weighted by Crippen LogP contribution is -2.21. The molecular formula is C15H21N5O. The lowest BCUT2D eigenvalue weighted by molar-refractivity contribution is 0.316. The summed E-state index contributed by atoms with van der Waals surface area (Å²) in [6.07, 6.45) is 3.20. The summed E-state index contributed by atoms with van der Waals surface area (Å²) in [6.45, 7) is 2.06. The lowest BCUT2D eigenvalue weighted by atomic mass is 10.0. The van der Waals surface area contributed by atoms with Crippen LogP contribution in [-0.4, -0.2) is 20.8 Å². The van der Waals surface area contributed by atoms with Crippen molar-refractivity contribution < 1.29 is 5.21 Å². The number of aromatic nitrogens is 2. The summed E-state index contributed by atoms with van der Waals surface area (Å²) in [6, 6.07) is 9.87. The molecule has 1 unspecified atom stereocenters. The predicted molar refractivity (Wildman–Crippen MR) is 83.4 cm³/mol. The van der Waals surface area contributed by atoms with E-state index in [1.54, 1.807) is 4.68 Å². The number of hydrogen-bond acceptors (Lipinski definition) is 4. The van der Waals surface area contributed by atoms with Gasteiger partial charge in [0.15, 0.2) is 0 Å². The number of nitrogens with zero attached hydrogens (tertiary/aromatic N) is 3. The molecular weight excluding hydrogens is 266 g/mol. The Balaban J connectivity index is 2.27. The lowest BCUT2D eigenvalue weighted by Gasteiger charge is -2.19. The second-order valence-electron chi connectivity index (χ2n) is 4.92. The van der Waals surface area contributed by atoms with Gasteiger partial charge in [-0.25, -0.2) is 0 Å². The van der Waals surface area contributed by atoms with Gasteiger partial charge in [-0.3, -0.25) is 4.68 Å². The van der Waals surface area contributed by atoms with E-state index in [0.29, 0.717) is 6.42 Å². The van der Waals surface area contributed by atoms with Gasteiger partial charge >= 0.3 is 0 Å². The maximum atomic E-state index is 8.82. The highest BCUT2D eigenvalue weighted by atomic mass is 16.4. The van der Waals surface area contributed by atoms with E-state index in [1.165, 1.54) is 0 Å². The molecule has 0 bridgehead atoms. The average Bonchev–Trinajstić information content (AvgIpc) is 2.87. The van der Waals surface area contributed by atoms with Crippen LogP contribution in [-0.2, 0) is 13.5 Å². The van der Waals surface area contributed by atoms with E-state index in [1.807, 2.05) is 43.6 Å². The van der Waals surface area contributed by atoms with Crippen molar-refractivity contribution in [3.05, 3.63) is 47.8 Å². The Kier molecular flexibility index (Phi) is 4.81. The molecule has 112 valence electrons. The molecule has 0 spiro atoms. The van der Waals surface area contributed by atoms with E-state index in [2.05, 4.69) is 22.5 Å². The van der Waals surface area contributed by atoms with Crippen LogP contribution in [0.1, 0.15) is 30.6 Å². The molecule has 0 radical (unpaired) electrons. The van der Waals surface area contributed by atoms with Crippen molar-refractivity contribution >= 4 is 11.5 Å². The van der Waals surface area contributed by atoms with Gasteiger partial charge in [-0.1, -0.05) is 42.4 Å². The zero-order chi connectivity index (χ0) is 15.2. The average molecular weight is 287 g/mol. The van der Waals surface area contributed by atoms with Crippen molar-refractivity contribution in [2.24, 2.45) is 17.9 Å². The van der Waals surface area contributed by atoms with E-state index in [0.717, 1.165) is 23.4 Å². The van der Waals surface area contributed by atoms with Gasteiger partial charge in [0, 0.05) is 19.7 Å². The van der Waals surface area contributed by atoms with Gasteiger partial charge in [-0.2, -0.15) is 5.10 Å². The molecule has 0 amide bonds. The maximum Gasteiger partial charge on any atom is 0.141 e. The number of nitrogens with two attached hydrogens (primary N) is 1. The minimum Gasteiger partial charge on any atom is -0.409 e. The minimum absolute atomic E-state index is 0.0726. The fourth-order valence-corrected chi connectivity index (χ4v) is 2.29. The largest absolute Gasteiger partial charge is 0.409 e. The first kappa shape index (κ1) is 14.9. The normalized spacial score (nSPS) is 13.1. The molecule has 1 heterocycles. The number of nitrogens with one attached hydrogen (secondary N) is 1. The summed E-state index contributed by atoms with van der Waals surface area (Å²) >= 11 is 0. The van der Waals surface area contributed by atoms with Crippen LogP contribution in [0.5, 0.6) is 0 Å². The molecule has 0 aliphatic carbocycles. The molecule has 2 rings (SSSR count). The molecule has 0 aliphatic rings. The van der Waals surface area contributed by atoms with Crippen molar-refractivity contribution in [2.75, 3.05) is 5.32 Å². The first-order valence-electron chi connectivity index (χ1n) is 6.94. The predicted octanol–water partition coefficient (Wildman–Crippen LogP) is 2.27. The summed E-state index contributed by atoms with van der Waals surface area (Å²) in [5, 5.41) is 19.8. The van der Waals surface area contributed by atoms with Gasteiger partial charge in [0.05, 0.1) is 17.4 Å². The molecule has 6 nitrogen and oxygen atoms in total. The molecule has 1 aromatic carbocycles. The molecule has 6 heteroatoms. The quantitative estimate of drug-likeness (QED) is 0.329. The number of anilines is 1. The molecule has 0 saturated carbocycles. The second kappa shape index (κ2) is 6.78. The third-order valence-electron chi connectivity index (χ3n) is 3.31. The first-order chi connectivity index (χ1) is 10.1. The molecule has 2 aromatic rings. The van der Waals surface area contributed by atoms with Crippen LogP contribution in [0.25, 0.3) is 0 Å². The van der Waals surface area contributed by atoms with Crippen molar-refractivity contribution in [3.63, 3.8) is 0 Å². The smallest absolute Gasteiger partial charge is 0.141 e. The van der Waals surface area contributed by atoms with Gasteiger partial charge in [0.25, 0.3) is 0 Å². The Bertz CT molecular complexity index is 606. The third-order valence-corrected chi connectivity index (χ3v) is 3.31. The summed E-state index contributed by atoms with van der Waals surface area (Å²) < 4.78 is 1.78. The molecule has 4 N–H and O–H groups in total. The van der Waals surface area contributed by atoms with E-state index >= 15 is 0 Å². The van der Waals surface area contributed by atoms with Gasteiger partial charge in [-0.15, -0.1) is 0 Å². The standard InChI is InChI=1S/C15H21N5O/c1-3-12-14(10-20(2)18-12)17-13(9-15(16)19-21)11-7-5-4-6-8-11/h4-8,10,13,17,21H,3,9H2,1-2H3,(H2,16,19). The molecule has 0 aliphatic heterocycles. The van der Waals surface area contributed by atoms with Gasteiger partial charge < -0.3 is 16.3 Å². The zero-order valence-electron chi connectivity index (χ0n) is 12.3. The van der Waals surface area contributed by atoms with Crippen LogP contribution in [0.2, 0.25) is 0 Å². The highest BCUT2D eigenvalue weighted by molar-refractivity contribution is 5.80. The van der Waals surface area contributed by atoms with Crippen LogP contribution in [0.3, 0.4) is 0 Å². The highest BCUT2D eigenvalue weighted by Crippen LogP contribution is 2.24. The number of amidine groups is 1. The fraction of sp³-hybridized carbons (Fsp3) is 0.333. The monoisotopic (exact) mass is 287 g/mol. The summed E-state index contributed by atoms with van der Waals surface area (Å²) in [7, 11) is 1.89. The zero-order valence-corrected chi connectivity index (χ0v) is 12.3. The van der Waals surface area contributed by atoms with Gasteiger partial charge in [-0.05, 0) is 12.0 Å². The molecule has 1 atom stereocenters. The van der Waals surface area contributed by atoms with Crippen LogP contribution < -0.4 is 11.1 Å². The minimum atomic E-state index is -0.0726. The Morgan fingerprint density at radius 1 is 1.43 bits per heavy atom. The van der Waals surface area contributed by atoms with E-state index < -0.39 is 0 Å². The Morgan fingerprint density at radius 3 is 2.76 bits per heavy atom. The Hall–Kier alpha value is -2.50. The van der Waals surface area contributed by atoms with Crippen molar-refractivity contribution in [2.45, 2.75) is 25.8 Å². The van der Waals surface area contributed by atoms with Crippen LogP contribution >= 0.6 is 0 Å². The van der Waals surface area contributed by atoms with Crippen LogP contribution in [0.15, 0.2) is 41.7 Å². The number of oxime groups is 1. The maximum absolute atomic E-state index is 8.82. The topological polar surface area (TPSA) is 88.5 Å². The number of hydrogen-bond donors (Lipinski definition) is 3. The van der Waals surface area contributed by atoms with E-state index in [-0.39, 0.29) is 11.9 Å². The van der Waals surface area contributed by atoms with Gasteiger partial charge in [0.2, 0.25) is 0 Å². The SMILES string of the molecule is CCc1nn(C)cc1NC(C/C(N)=N/O)c1ccccc1. The molecule has 21 heavy (non-hydrogen) atoms. The van der Waals surface area contributed by atoms with Crippen LogP contribution in [0.4, 0.5) is 5.69 Å². The number of benzene rings is 1. The Labute approximate surface area is 124 Å². The Morgan fingerprint density at radius 2 is 2.14 bits per heavy atom. The third kappa shape index (κ3) is 3.75. The van der Waals surface area contributed by atoms with Gasteiger partial charge in [0.1, 0.15) is 5.84 Å². The van der Waals surface area contributed by atoms with Crippen LogP contribution in [0, 0.1) is 0 Å². The van der Waals surface area contributed by atoms with Crippen molar-refractivity contribution in [1.82, 2.24) is 9.78 Å². The first-order valence-corrected chi connectivity index (χ1v) is 6.94. The molecule has 1 aromatic heterocycles. The van der Waals surface area contributed by atoms with E-state index in [9.17, 15) is 0 Å².